The monoisotopic (exact) mass is 497 g/mol. The standard InChI is InChI=1S/C29H35N7O/c1-21-16-25(37-15-14-35-12-10-30-11-13-35)31-18-23(21)27-34-26-24(17-29(2)8-9-29)32-20-33-28(26)36(27)19-22-6-4-3-5-7-22/h3-7,16,18,20,30H,8-15,17,19H2,1-2H3. The average molecular weight is 498 g/mol. The summed E-state index contributed by atoms with van der Waals surface area (Å²) in [6.45, 7) is 10.9. The van der Waals surface area contributed by atoms with E-state index in [1.54, 1.807) is 6.33 Å². The highest BCUT2D eigenvalue weighted by Gasteiger charge is 2.38. The van der Waals surface area contributed by atoms with E-state index < -0.39 is 0 Å². The molecule has 0 unspecified atom stereocenters. The quantitative estimate of drug-likeness (QED) is 0.376. The second kappa shape index (κ2) is 10.2. The molecule has 1 saturated carbocycles. The van der Waals surface area contributed by atoms with Crippen molar-refractivity contribution in [3.8, 4) is 17.3 Å². The SMILES string of the molecule is Cc1cc(OCCN2CCNCC2)ncc1-c1nc2c(CC3(C)CC3)ncnc2n1Cc1ccccc1. The van der Waals surface area contributed by atoms with Gasteiger partial charge in [-0.05, 0) is 42.7 Å². The molecule has 1 aromatic carbocycles. The molecule has 4 heterocycles. The van der Waals surface area contributed by atoms with Crippen LogP contribution >= 0.6 is 0 Å². The highest BCUT2D eigenvalue weighted by atomic mass is 16.5. The van der Waals surface area contributed by atoms with Crippen LogP contribution in [0.1, 0.15) is 36.6 Å². The van der Waals surface area contributed by atoms with Crippen molar-refractivity contribution >= 4 is 11.2 Å². The van der Waals surface area contributed by atoms with Crippen molar-refractivity contribution in [3.63, 3.8) is 0 Å². The molecule has 4 aromatic rings. The van der Waals surface area contributed by atoms with Gasteiger partial charge in [0.1, 0.15) is 24.3 Å². The fourth-order valence-electron chi connectivity index (χ4n) is 5.09. The summed E-state index contributed by atoms with van der Waals surface area (Å²) < 4.78 is 8.23. The Morgan fingerprint density at radius 2 is 1.86 bits per heavy atom. The molecule has 0 amide bonds. The minimum Gasteiger partial charge on any atom is -0.476 e. The van der Waals surface area contributed by atoms with Gasteiger partial charge < -0.3 is 14.6 Å². The van der Waals surface area contributed by atoms with Gasteiger partial charge in [-0.3, -0.25) is 4.90 Å². The second-order valence-electron chi connectivity index (χ2n) is 10.8. The Balaban J connectivity index is 1.31. The molecule has 1 saturated heterocycles. The Hall–Kier alpha value is -3.36. The van der Waals surface area contributed by atoms with E-state index in [1.165, 1.54) is 18.4 Å². The lowest BCUT2D eigenvalue weighted by atomic mass is 10.0. The summed E-state index contributed by atoms with van der Waals surface area (Å²) in [6, 6.07) is 12.5. The number of aryl methyl sites for hydroxylation is 1. The number of imidazole rings is 1. The van der Waals surface area contributed by atoms with Crippen LogP contribution < -0.4 is 10.1 Å². The van der Waals surface area contributed by atoms with E-state index in [1.807, 2.05) is 18.3 Å². The van der Waals surface area contributed by atoms with Gasteiger partial charge >= 0.3 is 0 Å². The van der Waals surface area contributed by atoms with Crippen LogP contribution in [0, 0.1) is 12.3 Å². The molecule has 3 aromatic heterocycles. The fraction of sp³-hybridized carbons (Fsp3) is 0.448. The third kappa shape index (κ3) is 5.36. The average Bonchev–Trinajstić information content (AvgIpc) is 3.53. The van der Waals surface area contributed by atoms with E-state index >= 15 is 0 Å². The Labute approximate surface area is 218 Å². The second-order valence-corrected chi connectivity index (χ2v) is 10.8. The van der Waals surface area contributed by atoms with Crippen molar-refractivity contribution in [2.75, 3.05) is 39.3 Å². The third-order valence-electron chi connectivity index (χ3n) is 7.68. The molecule has 192 valence electrons. The number of hydrogen-bond donors (Lipinski definition) is 1. The lowest BCUT2D eigenvalue weighted by molar-refractivity contribution is 0.188. The Kier molecular flexibility index (Phi) is 6.61. The van der Waals surface area contributed by atoms with Crippen LogP contribution in [-0.4, -0.2) is 68.7 Å². The Bertz CT molecular complexity index is 1370. The summed E-state index contributed by atoms with van der Waals surface area (Å²) >= 11 is 0. The van der Waals surface area contributed by atoms with Crippen molar-refractivity contribution in [3.05, 3.63) is 65.7 Å². The molecule has 8 heteroatoms. The predicted octanol–water partition coefficient (Wildman–Crippen LogP) is 3.87. The van der Waals surface area contributed by atoms with E-state index in [9.17, 15) is 0 Å². The van der Waals surface area contributed by atoms with Crippen LogP contribution in [0.5, 0.6) is 5.88 Å². The maximum atomic E-state index is 6.02. The van der Waals surface area contributed by atoms with Gasteiger partial charge in [-0.2, -0.15) is 0 Å². The number of nitrogens with one attached hydrogen (secondary N) is 1. The van der Waals surface area contributed by atoms with E-state index in [4.69, 9.17) is 14.7 Å². The molecule has 6 rings (SSSR count). The summed E-state index contributed by atoms with van der Waals surface area (Å²) in [5, 5.41) is 3.39. The molecule has 0 radical (unpaired) electrons. The normalized spacial score (nSPS) is 17.2. The van der Waals surface area contributed by atoms with E-state index in [0.717, 1.165) is 73.0 Å². The Morgan fingerprint density at radius 3 is 2.62 bits per heavy atom. The molecular formula is C29H35N7O. The molecule has 8 nitrogen and oxygen atoms in total. The maximum Gasteiger partial charge on any atom is 0.213 e. The molecule has 0 bridgehead atoms. The van der Waals surface area contributed by atoms with Crippen molar-refractivity contribution < 1.29 is 4.74 Å². The lowest BCUT2D eigenvalue weighted by Gasteiger charge is -2.26. The number of piperazine rings is 1. The summed E-state index contributed by atoms with van der Waals surface area (Å²) in [5.41, 5.74) is 6.44. The number of nitrogens with zero attached hydrogens (tertiary/aromatic N) is 6. The van der Waals surface area contributed by atoms with E-state index in [-0.39, 0.29) is 0 Å². The first kappa shape index (κ1) is 24.0. The molecule has 1 aliphatic carbocycles. The van der Waals surface area contributed by atoms with Crippen LogP contribution in [0.25, 0.3) is 22.6 Å². The van der Waals surface area contributed by atoms with Crippen LogP contribution in [0.2, 0.25) is 0 Å². The van der Waals surface area contributed by atoms with Gasteiger partial charge in [-0.25, -0.2) is 19.9 Å². The fourth-order valence-corrected chi connectivity index (χ4v) is 5.09. The molecule has 1 aliphatic heterocycles. The molecule has 2 aliphatic rings. The summed E-state index contributed by atoms with van der Waals surface area (Å²) in [6.07, 6.45) is 7.01. The topological polar surface area (TPSA) is 81.0 Å². The van der Waals surface area contributed by atoms with Gasteiger partial charge in [0.2, 0.25) is 5.88 Å². The molecular weight excluding hydrogens is 462 g/mol. The highest BCUT2D eigenvalue weighted by molar-refractivity contribution is 5.80. The number of ether oxygens (including phenoxy) is 1. The van der Waals surface area contributed by atoms with Gasteiger partial charge in [0.05, 0.1) is 12.2 Å². The van der Waals surface area contributed by atoms with Crippen molar-refractivity contribution in [2.24, 2.45) is 5.41 Å². The van der Waals surface area contributed by atoms with Gasteiger partial charge in [-0.15, -0.1) is 0 Å². The Morgan fingerprint density at radius 1 is 1.05 bits per heavy atom. The van der Waals surface area contributed by atoms with Crippen molar-refractivity contribution in [1.29, 1.82) is 0 Å². The number of pyridine rings is 1. The number of aromatic nitrogens is 5. The zero-order valence-corrected chi connectivity index (χ0v) is 21.8. The first-order valence-electron chi connectivity index (χ1n) is 13.3. The number of fused-ring (bicyclic) bond motifs is 1. The van der Waals surface area contributed by atoms with E-state index in [2.05, 4.69) is 62.9 Å². The molecule has 2 fully saturated rings. The largest absolute Gasteiger partial charge is 0.476 e. The minimum atomic E-state index is 0.339. The highest BCUT2D eigenvalue weighted by Crippen LogP contribution is 2.48. The maximum absolute atomic E-state index is 6.02. The summed E-state index contributed by atoms with van der Waals surface area (Å²) in [4.78, 5) is 21.6. The summed E-state index contributed by atoms with van der Waals surface area (Å²) in [7, 11) is 0. The van der Waals surface area contributed by atoms with Gasteiger partial charge in [0.15, 0.2) is 5.65 Å². The van der Waals surface area contributed by atoms with Crippen LogP contribution in [0.15, 0.2) is 48.9 Å². The molecule has 0 atom stereocenters. The zero-order chi connectivity index (χ0) is 25.2. The smallest absolute Gasteiger partial charge is 0.213 e. The van der Waals surface area contributed by atoms with Gasteiger partial charge in [0, 0.05) is 50.6 Å². The predicted molar refractivity (Wildman–Crippen MR) is 145 cm³/mol. The molecule has 0 spiro atoms. The number of benzene rings is 1. The first-order valence-corrected chi connectivity index (χ1v) is 13.3. The first-order chi connectivity index (χ1) is 18.1. The zero-order valence-electron chi connectivity index (χ0n) is 21.8. The van der Waals surface area contributed by atoms with Crippen LogP contribution in [0.3, 0.4) is 0 Å². The van der Waals surface area contributed by atoms with Crippen LogP contribution in [-0.2, 0) is 13.0 Å². The van der Waals surface area contributed by atoms with Crippen molar-refractivity contribution in [1.82, 2.24) is 34.7 Å². The molecule has 37 heavy (non-hydrogen) atoms. The molecule has 1 N–H and O–H groups in total. The number of hydrogen-bond acceptors (Lipinski definition) is 7. The minimum absolute atomic E-state index is 0.339. The van der Waals surface area contributed by atoms with Crippen LogP contribution in [0.4, 0.5) is 0 Å². The van der Waals surface area contributed by atoms with Crippen molar-refractivity contribution in [2.45, 2.75) is 39.7 Å². The van der Waals surface area contributed by atoms with Gasteiger partial charge in [0.25, 0.3) is 0 Å². The van der Waals surface area contributed by atoms with E-state index in [0.29, 0.717) is 24.4 Å². The third-order valence-corrected chi connectivity index (χ3v) is 7.68. The van der Waals surface area contributed by atoms with Gasteiger partial charge in [-0.1, -0.05) is 37.3 Å². The lowest BCUT2D eigenvalue weighted by Crippen LogP contribution is -2.44. The summed E-state index contributed by atoms with van der Waals surface area (Å²) in [5.74, 6) is 1.53. The number of rotatable bonds is 9.